The largest absolute Gasteiger partial charge is 0.485 e. The van der Waals surface area contributed by atoms with E-state index in [1.165, 1.54) is 5.32 Å². The summed E-state index contributed by atoms with van der Waals surface area (Å²) in [7, 11) is 0. The van der Waals surface area contributed by atoms with Gasteiger partial charge >= 0.3 is 0 Å². The number of nitrogens with one attached hydrogen (secondary N) is 1. The van der Waals surface area contributed by atoms with Crippen molar-refractivity contribution in [2.24, 2.45) is 0 Å². The zero-order valence-corrected chi connectivity index (χ0v) is 9.49. The molecule has 2 rings (SSSR count). The maximum Gasteiger partial charge on any atom is 0.125 e. The molecule has 1 unspecified atom stereocenters. The maximum absolute atomic E-state index is 8.47. The summed E-state index contributed by atoms with van der Waals surface area (Å²) in [5, 5.41) is 1.41. The second-order valence-electron chi connectivity index (χ2n) is 3.14. The first-order valence-corrected chi connectivity index (χ1v) is 5.02. The van der Waals surface area contributed by atoms with E-state index in [2.05, 4.69) is 0 Å². The van der Waals surface area contributed by atoms with Crippen molar-refractivity contribution < 1.29 is 30.8 Å². The monoisotopic (exact) mass is 274 g/mol. The lowest BCUT2D eigenvalue weighted by molar-refractivity contribution is 0.193. The normalized spacial score (nSPS) is 29.4. The Bertz CT molecular complexity index is 1220. The van der Waals surface area contributed by atoms with Gasteiger partial charge in [-0.2, -0.15) is 0 Å². The Morgan fingerprint density at radius 1 is 1.21 bits per heavy atom. The fourth-order valence-corrected chi connectivity index (χ4v) is 1.16. The number of ether oxygens (including phenoxy) is 1. The molecule has 0 heterocycles. The summed E-state index contributed by atoms with van der Waals surface area (Å²) in [6.45, 7) is -10.2. The molecule has 0 bridgehead atoms. The Kier molecular flexibility index (Phi) is 1.19. The lowest BCUT2D eigenvalue weighted by Gasteiger charge is -2.20. The molecule has 0 saturated heterocycles. The summed E-state index contributed by atoms with van der Waals surface area (Å²) >= 11 is 0. The average molecular weight is 274 g/mol. The van der Waals surface area contributed by atoms with Crippen molar-refractivity contribution >= 4 is 0 Å². The number of rotatable bonds is 6. The summed E-state index contributed by atoms with van der Waals surface area (Å²) in [6, 6.07) is -9.42. The summed E-state index contributed by atoms with van der Waals surface area (Å²) in [5.41, 5.74) is -2.21. The van der Waals surface area contributed by atoms with Crippen molar-refractivity contribution in [3.05, 3.63) is 65.5 Å². The van der Waals surface area contributed by atoms with Crippen molar-refractivity contribution in [1.29, 1.82) is 0 Å². The van der Waals surface area contributed by atoms with Crippen molar-refractivity contribution in [3.8, 4) is 5.75 Å². The Hall–Kier alpha value is -1.80. The van der Waals surface area contributed by atoms with Crippen LogP contribution in [0.3, 0.4) is 0 Å². The minimum absolute atomic E-state index is 0.920. The first-order valence-electron chi connectivity index (χ1n) is 14.5. The van der Waals surface area contributed by atoms with Crippen molar-refractivity contribution in [1.82, 2.24) is 5.32 Å². The number of hydrogen-bond acceptors (Lipinski definition) is 2. The molecule has 2 aromatic carbocycles. The third-order valence-electron chi connectivity index (χ3n) is 1.94. The Labute approximate surface area is 142 Å². The molecule has 2 nitrogen and oxygen atoms in total. The zero-order chi connectivity index (χ0) is 29.9. The van der Waals surface area contributed by atoms with E-state index in [4.69, 9.17) is 30.8 Å². The predicted molar refractivity (Wildman–Crippen MR) is 79.5 cm³/mol. The maximum atomic E-state index is 8.47. The van der Waals surface area contributed by atoms with Crippen LogP contribution in [0.15, 0.2) is 54.4 Å². The fourth-order valence-electron chi connectivity index (χ4n) is 1.16. The van der Waals surface area contributed by atoms with Gasteiger partial charge in [0.2, 0.25) is 0 Å². The summed E-state index contributed by atoms with van der Waals surface area (Å²) in [5.74, 6) is -1.21. The van der Waals surface area contributed by atoms with Gasteiger partial charge in [0.25, 0.3) is 0 Å². The van der Waals surface area contributed by atoms with Crippen LogP contribution in [0.1, 0.15) is 49.6 Å². The molecule has 0 radical (unpaired) electrons. The number of hydrogen-bond donors (Lipinski definition) is 1. The van der Waals surface area contributed by atoms with Crippen LogP contribution in [0.2, 0.25) is 0 Å². The average Bonchev–Trinajstić information content (AvgIpc) is 2.74. The molecule has 0 aromatic heterocycles. The fraction of sp³-hybridized carbons (Fsp3) is 0.294. The van der Waals surface area contributed by atoms with Crippen LogP contribution < -0.4 is 10.1 Å². The smallest absolute Gasteiger partial charge is 0.125 e. The Morgan fingerprint density at radius 2 is 2.00 bits per heavy atom. The van der Waals surface area contributed by atoms with Gasteiger partial charge < -0.3 is 10.1 Å². The number of para-hydroxylation sites is 1. The van der Waals surface area contributed by atoms with E-state index < -0.39 is 104 Å². The highest BCUT2D eigenvalue weighted by Gasteiger charge is 2.13. The van der Waals surface area contributed by atoms with Gasteiger partial charge in [-0.05, 0) is 37.5 Å². The lowest BCUT2D eigenvalue weighted by Crippen LogP contribution is -2.16. The second-order valence-corrected chi connectivity index (χ2v) is 3.14. The van der Waals surface area contributed by atoms with Crippen LogP contribution in [0.5, 0.6) is 5.75 Å². The molecular formula is C17H21NO. The van der Waals surface area contributed by atoms with E-state index in [1.807, 2.05) is 0 Å². The van der Waals surface area contributed by atoms with Gasteiger partial charge in [0, 0.05) is 20.1 Å². The van der Waals surface area contributed by atoms with Crippen molar-refractivity contribution in [2.45, 2.75) is 19.3 Å². The number of benzene rings is 2. The second kappa shape index (κ2) is 6.95. The summed E-state index contributed by atoms with van der Waals surface area (Å²) < 4.78 is 155. The van der Waals surface area contributed by atoms with Crippen LogP contribution in [0, 0.1) is 6.85 Å². The van der Waals surface area contributed by atoms with E-state index in [0.29, 0.717) is 0 Å². The van der Waals surface area contributed by atoms with Gasteiger partial charge in [0.15, 0.2) is 0 Å². The van der Waals surface area contributed by atoms with Crippen LogP contribution in [0.4, 0.5) is 0 Å². The third kappa shape index (κ3) is 3.83. The molecule has 0 aliphatic heterocycles. The molecule has 0 aliphatic rings. The van der Waals surface area contributed by atoms with Gasteiger partial charge in [0.05, 0.1) is 12.3 Å². The molecule has 2 aromatic rings. The van der Waals surface area contributed by atoms with Crippen LogP contribution in [0.25, 0.3) is 0 Å². The standard InChI is InChI=1S/C17H21NO/c1-14-8-6-7-11-16(14)19-17(12-13-18-2)15-9-4-3-5-10-15/h3-11,17-18H,12-13H2,1-2H3/i1D3,2D3,3D,4D,5D,6D,7D,8D,9D,10D,11D,12D2,13D2. The molecule has 0 amide bonds. The lowest BCUT2D eigenvalue weighted by atomic mass is 10.1. The molecule has 1 N–H and O–H groups in total. The topological polar surface area (TPSA) is 21.3 Å². The molecular weight excluding hydrogens is 234 g/mol. The first kappa shape index (κ1) is 3.26. The third-order valence-corrected chi connectivity index (χ3v) is 1.94. The highest BCUT2D eigenvalue weighted by atomic mass is 16.5. The minimum Gasteiger partial charge on any atom is -0.485 e. The predicted octanol–water partition coefficient (Wildman–Crippen LogP) is 3.72. The Balaban J connectivity index is 3.06. The van der Waals surface area contributed by atoms with E-state index in [1.54, 1.807) is 0 Å². The molecule has 2 heteroatoms. The van der Waals surface area contributed by atoms with Gasteiger partial charge in [0.1, 0.15) is 11.9 Å². The molecule has 1 atom stereocenters. The molecule has 0 spiro atoms. The SMILES string of the molecule is [2H]c1c([2H])c([2H])c(C(Oc2c([2H])c([2H])c([2H])c([2H])c2C([2H])([2H])[2H])C([2H])([2H])C([2H])([2H])NC([2H])([2H])[2H])c([2H])c1[2H]. The van der Waals surface area contributed by atoms with Crippen molar-refractivity contribution in [2.75, 3.05) is 13.5 Å². The zero-order valence-electron chi connectivity index (χ0n) is 28.5. The van der Waals surface area contributed by atoms with Crippen LogP contribution in [-0.2, 0) is 0 Å². The van der Waals surface area contributed by atoms with E-state index in [-0.39, 0.29) is 0 Å². The summed E-state index contributed by atoms with van der Waals surface area (Å²) in [6.07, 6.45) is -6.42. The van der Waals surface area contributed by atoms with E-state index in [9.17, 15) is 0 Å². The molecule has 19 heavy (non-hydrogen) atoms. The van der Waals surface area contributed by atoms with Gasteiger partial charge in [-0.15, -0.1) is 0 Å². The van der Waals surface area contributed by atoms with E-state index in [0.717, 1.165) is 0 Å². The van der Waals surface area contributed by atoms with Crippen molar-refractivity contribution in [3.63, 3.8) is 0 Å². The quantitative estimate of drug-likeness (QED) is 0.867. The highest BCUT2D eigenvalue weighted by molar-refractivity contribution is 5.33. The molecule has 0 saturated carbocycles. The van der Waals surface area contributed by atoms with Crippen LogP contribution >= 0.6 is 0 Å². The summed E-state index contributed by atoms with van der Waals surface area (Å²) in [4.78, 5) is 0. The molecule has 0 aliphatic carbocycles. The minimum atomic E-state index is -3.68. The van der Waals surface area contributed by atoms with Gasteiger partial charge in [-0.3, -0.25) is 0 Å². The highest BCUT2D eigenvalue weighted by Crippen LogP contribution is 2.26. The van der Waals surface area contributed by atoms with E-state index >= 15 is 0 Å². The molecule has 0 fully saturated rings. The van der Waals surface area contributed by atoms with Gasteiger partial charge in [-0.25, -0.2) is 0 Å². The molecule has 100 valence electrons. The van der Waals surface area contributed by atoms with Crippen LogP contribution in [-0.4, -0.2) is 13.5 Å². The first-order chi connectivity index (χ1) is 16.9. The Morgan fingerprint density at radius 3 is 2.79 bits per heavy atom. The van der Waals surface area contributed by atoms with Gasteiger partial charge in [-0.1, -0.05) is 48.3 Å².